The molecular weight excluding hydrogens is 430 g/mol. The molecule has 4 rings (SSSR count). The maximum atomic E-state index is 13.2. The lowest BCUT2D eigenvalue weighted by atomic mass is 9.95. The van der Waals surface area contributed by atoms with E-state index in [0.717, 1.165) is 43.2 Å². The molecule has 0 saturated carbocycles. The highest BCUT2D eigenvalue weighted by Crippen LogP contribution is 2.31. The lowest BCUT2D eigenvalue weighted by Crippen LogP contribution is -2.38. The third kappa shape index (κ3) is 5.27. The quantitative estimate of drug-likeness (QED) is 0.415. The van der Waals surface area contributed by atoms with Crippen molar-refractivity contribution in [2.45, 2.75) is 50.0 Å². The molecule has 1 aromatic heterocycles. The number of carbonyl (C=O) groups excluding carboxylic acids is 1. The third-order valence-corrected chi connectivity index (χ3v) is 7.26. The fraction of sp³-hybridized carbons (Fsp3) is 0.407. The van der Waals surface area contributed by atoms with Crippen molar-refractivity contribution in [3.8, 4) is 5.75 Å². The number of nitrogens with zero attached hydrogens (tertiary/aromatic N) is 3. The number of likely N-dealkylation sites (tertiary alicyclic amines) is 1. The Hall–Kier alpha value is -2.73. The average Bonchev–Trinajstić information content (AvgIpc) is 3.31. The van der Waals surface area contributed by atoms with E-state index in [9.17, 15) is 4.79 Å². The molecule has 2 aromatic carbocycles. The first kappa shape index (κ1) is 23.4. The molecule has 0 unspecified atom stereocenters. The van der Waals surface area contributed by atoms with Gasteiger partial charge in [-0.1, -0.05) is 38.1 Å². The molecule has 0 spiro atoms. The van der Waals surface area contributed by atoms with Crippen LogP contribution < -0.4 is 4.74 Å². The Morgan fingerprint density at radius 3 is 2.52 bits per heavy atom. The smallest absolute Gasteiger partial charge is 0.257 e. The largest absolute Gasteiger partial charge is 0.496 e. The van der Waals surface area contributed by atoms with Crippen LogP contribution in [0.5, 0.6) is 5.75 Å². The average molecular weight is 464 g/mol. The predicted octanol–water partition coefficient (Wildman–Crippen LogP) is 5.81. The summed E-state index contributed by atoms with van der Waals surface area (Å²) in [6.45, 7) is 6.72. The molecule has 5 nitrogen and oxygen atoms in total. The van der Waals surface area contributed by atoms with Crippen LogP contribution in [0.2, 0.25) is 0 Å². The highest BCUT2D eigenvalue weighted by atomic mass is 32.2. The lowest BCUT2D eigenvalue weighted by molar-refractivity contribution is 0.0707. The van der Waals surface area contributed by atoms with E-state index >= 15 is 0 Å². The molecule has 33 heavy (non-hydrogen) atoms. The number of benzene rings is 2. The highest BCUT2D eigenvalue weighted by Gasteiger charge is 2.28. The van der Waals surface area contributed by atoms with Gasteiger partial charge in [-0.25, -0.2) is 4.98 Å². The Labute approximate surface area is 201 Å². The van der Waals surface area contributed by atoms with Crippen LogP contribution in [0, 0.1) is 0 Å². The number of aromatic nitrogens is 2. The fourth-order valence-electron chi connectivity index (χ4n) is 4.51. The number of hydrogen-bond donors (Lipinski definition) is 0. The maximum absolute atomic E-state index is 13.2. The Morgan fingerprint density at radius 1 is 1.15 bits per heavy atom. The number of piperidine rings is 1. The summed E-state index contributed by atoms with van der Waals surface area (Å²) < 4.78 is 7.76. The van der Waals surface area contributed by atoms with E-state index in [4.69, 9.17) is 9.72 Å². The molecule has 1 aliphatic heterocycles. The molecule has 0 radical (unpaired) electrons. The van der Waals surface area contributed by atoms with Crippen LogP contribution in [0.25, 0.3) is 0 Å². The van der Waals surface area contributed by atoms with E-state index in [1.165, 1.54) is 11.1 Å². The van der Waals surface area contributed by atoms with Crippen molar-refractivity contribution in [3.05, 3.63) is 77.4 Å². The summed E-state index contributed by atoms with van der Waals surface area (Å²) in [7, 11) is 1.62. The summed E-state index contributed by atoms with van der Waals surface area (Å²) in [5, 5.41) is 0. The summed E-state index contributed by atoms with van der Waals surface area (Å²) in [6, 6.07) is 14.7. The topological polar surface area (TPSA) is 47.4 Å². The standard InChI is InChI=1S/C27H33N3O2S/c1-19(2)21-7-5-20(6-8-21)18-30-16-13-28-26(30)22-11-14-29(15-12-22)27(31)24-10-9-23(33-4)17-25(24)32-3/h5-10,13,16-17,19,22H,11-12,14-15,18H2,1-4H3. The Bertz CT molecular complexity index is 1080. The Morgan fingerprint density at radius 2 is 1.88 bits per heavy atom. The van der Waals surface area contributed by atoms with Crippen molar-refractivity contribution in [2.24, 2.45) is 0 Å². The zero-order chi connectivity index (χ0) is 23.4. The molecule has 1 aliphatic rings. The Kier molecular flexibility index (Phi) is 7.43. The fourth-order valence-corrected chi connectivity index (χ4v) is 4.93. The van der Waals surface area contributed by atoms with Gasteiger partial charge < -0.3 is 14.2 Å². The van der Waals surface area contributed by atoms with Crippen molar-refractivity contribution in [1.29, 1.82) is 0 Å². The highest BCUT2D eigenvalue weighted by molar-refractivity contribution is 7.98. The molecule has 2 heterocycles. The van der Waals surface area contributed by atoms with Crippen molar-refractivity contribution in [3.63, 3.8) is 0 Å². The Balaban J connectivity index is 1.41. The molecule has 0 aliphatic carbocycles. The molecular formula is C27H33N3O2S. The van der Waals surface area contributed by atoms with Crippen LogP contribution in [-0.2, 0) is 6.54 Å². The van der Waals surface area contributed by atoms with Crippen LogP contribution in [0.3, 0.4) is 0 Å². The van der Waals surface area contributed by atoms with Gasteiger partial charge >= 0.3 is 0 Å². The van der Waals surface area contributed by atoms with Crippen LogP contribution in [-0.4, -0.2) is 46.8 Å². The molecule has 1 fully saturated rings. The summed E-state index contributed by atoms with van der Waals surface area (Å²) in [6.07, 6.45) is 7.82. The number of rotatable bonds is 7. The number of carbonyl (C=O) groups is 1. The molecule has 1 saturated heterocycles. The summed E-state index contributed by atoms with van der Waals surface area (Å²) in [5.41, 5.74) is 3.29. The molecule has 0 N–H and O–H groups in total. The summed E-state index contributed by atoms with van der Waals surface area (Å²) >= 11 is 1.64. The van der Waals surface area contributed by atoms with Crippen molar-refractivity contribution in [2.75, 3.05) is 26.5 Å². The molecule has 3 aromatic rings. The van der Waals surface area contributed by atoms with E-state index in [1.807, 2.05) is 35.6 Å². The lowest BCUT2D eigenvalue weighted by Gasteiger charge is -2.32. The van der Waals surface area contributed by atoms with Gasteiger partial charge in [-0.3, -0.25) is 4.79 Å². The first-order chi connectivity index (χ1) is 16.0. The van der Waals surface area contributed by atoms with Gasteiger partial charge in [0.05, 0.1) is 12.7 Å². The van der Waals surface area contributed by atoms with Gasteiger partial charge in [-0.05, 0) is 54.3 Å². The predicted molar refractivity (Wildman–Crippen MR) is 135 cm³/mol. The number of imidazole rings is 1. The third-order valence-electron chi connectivity index (χ3n) is 6.53. The monoisotopic (exact) mass is 463 g/mol. The molecule has 1 amide bonds. The van der Waals surface area contributed by atoms with E-state index < -0.39 is 0 Å². The van der Waals surface area contributed by atoms with Gasteiger partial charge in [-0.15, -0.1) is 11.8 Å². The second kappa shape index (κ2) is 10.5. The maximum Gasteiger partial charge on any atom is 0.257 e. The second-order valence-corrected chi connectivity index (χ2v) is 9.82. The second-order valence-electron chi connectivity index (χ2n) is 8.94. The van der Waals surface area contributed by atoms with Gasteiger partial charge in [0.1, 0.15) is 11.6 Å². The number of methoxy groups -OCH3 is 1. The van der Waals surface area contributed by atoms with Crippen LogP contribution in [0.1, 0.15) is 65.8 Å². The van der Waals surface area contributed by atoms with Crippen molar-refractivity contribution < 1.29 is 9.53 Å². The van der Waals surface area contributed by atoms with Gasteiger partial charge in [0.25, 0.3) is 5.91 Å². The van der Waals surface area contributed by atoms with E-state index in [1.54, 1.807) is 18.9 Å². The minimum Gasteiger partial charge on any atom is -0.496 e. The van der Waals surface area contributed by atoms with Crippen molar-refractivity contribution >= 4 is 17.7 Å². The summed E-state index contributed by atoms with van der Waals surface area (Å²) in [5.74, 6) is 2.72. The molecule has 0 bridgehead atoms. The minimum absolute atomic E-state index is 0.0477. The van der Waals surface area contributed by atoms with E-state index in [0.29, 0.717) is 23.1 Å². The number of thioether (sulfide) groups is 1. The van der Waals surface area contributed by atoms with Gasteiger partial charge in [0.2, 0.25) is 0 Å². The summed E-state index contributed by atoms with van der Waals surface area (Å²) in [4.78, 5) is 20.9. The first-order valence-corrected chi connectivity index (χ1v) is 12.8. The number of ether oxygens (including phenoxy) is 1. The normalized spacial score (nSPS) is 14.6. The SMILES string of the molecule is COc1cc(SC)ccc1C(=O)N1CCC(c2nccn2Cc2ccc(C(C)C)cc2)CC1. The molecule has 0 atom stereocenters. The zero-order valence-corrected chi connectivity index (χ0v) is 20.8. The van der Waals surface area contributed by atoms with Crippen LogP contribution >= 0.6 is 11.8 Å². The minimum atomic E-state index is 0.0477. The molecule has 174 valence electrons. The van der Waals surface area contributed by atoms with E-state index in [2.05, 4.69) is 48.9 Å². The van der Waals surface area contributed by atoms with Gasteiger partial charge in [-0.2, -0.15) is 0 Å². The van der Waals surface area contributed by atoms with Gasteiger partial charge in [0.15, 0.2) is 0 Å². The molecule has 6 heteroatoms. The zero-order valence-electron chi connectivity index (χ0n) is 20.0. The van der Waals surface area contributed by atoms with Crippen LogP contribution in [0.15, 0.2) is 59.8 Å². The van der Waals surface area contributed by atoms with Crippen molar-refractivity contribution in [1.82, 2.24) is 14.5 Å². The van der Waals surface area contributed by atoms with E-state index in [-0.39, 0.29) is 5.91 Å². The first-order valence-electron chi connectivity index (χ1n) is 11.6. The van der Waals surface area contributed by atoms with Crippen LogP contribution in [0.4, 0.5) is 0 Å². The number of hydrogen-bond acceptors (Lipinski definition) is 4. The van der Waals surface area contributed by atoms with Gasteiger partial charge in [0, 0.05) is 42.8 Å². The number of amides is 1.